The van der Waals surface area contributed by atoms with Gasteiger partial charge in [0.1, 0.15) is 0 Å². The molecule has 0 nitrogen and oxygen atoms in total. The minimum atomic E-state index is 0.766. The molecule has 0 radical (unpaired) electrons. The van der Waals surface area contributed by atoms with Gasteiger partial charge in [-0.2, -0.15) is 0 Å². The topological polar surface area (TPSA) is 0 Å². The van der Waals surface area contributed by atoms with E-state index in [1.54, 1.807) is 0 Å². The molecule has 0 heterocycles. The monoisotopic (exact) mass is 262 g/mol. The summed E-state index contributed by atoms with van der Waals surface area (Å²) < 4.78 is 0. The van der Waals surface area contributed by atoms with Crippen LogP contribution in [0.15, 0.2) is 30.3 Å². The lowest BCUT2D eigenvalue weighted by Crippen LogP contribution is -2.00. The molecule has 1 aromatic carbocycles. The highest BCUT2D eigenvalue weighted by molar-refractivity contribution is 5.14. The Bertz CT molecular complexity index is 280. The fourth-order valence-corrected chi connectivity index (χ4v) is 2.37. The van der Waals surface area contributed by atoms with Crippen molar-refractivity contribution < 1.29 is 0 Å². The predicted molar refractivity (Wildman–Crippen MR) is 88.5 cm³/mol. The fourth-order valence-electron chi connectivity index (χ4n) is 2.37. The third kappa shape index (κ3) is 10.8. The molecule has 0 amide bonds. The minimum absolute atomic E-state index is 0.766. The molecule has 19 heavy (non-hydrogen) atoms. The van der Waals surface area contributed by atoms with Crippen molar-refractivity contribution in [3.63, 3.8) is 0 Å². The predicted octanol–water partition coefficient (Wildman–Crippen LogP) is 6.35. The van der Waals surface area contributed by atoms with Crippen LogP contribution in [0.4, 0.5) is 0 Å². The van der Waals surface area contributed by atoms with Crippen LogP contribution in [0.5, 0.6) is 0 Å². The van der Waals surface area contributed by atoms with Crippen molar-refractivity contribution in [2.45, 2.75) is 67.2 Å². The molecule has 0 bridgehead atoms. The highest BCUT2D eigenvalue weighted by Gasteiger charge is 2.04. The maximum absolute atomic E-state index is 2.30. The van der Waals surface area contributed by atoms with Crippen LogP contribution in [0.2, 0.25) is 0 Å². The van der Waals surface area contributed by atoms with Crippen molar-refractivity contribution >= 4 is 0 Å². The number of benzene rings is 1. The van der Waals surface area contributed by atoms with Gasteiger partial charge in [0.15, 0.2) is 0 Å². The van der Waals surface area contributed by atoms with Gasteiger partial charge in [0.2, 0.25) is 0 Å². The summed E-state index contributed by atoms with van der Waals surface area (Å²) in [5.74, 6) is 2.63. The third-order valence-corrected chi connectivity index (χ3v) is 3.45. The second-order valence-electron chi connectivity index (χ2n) is 6.40. The van der Waals surface area contributed by atoms with Crippen LogP contribution >= 0.6 is 0 Å². The van der Waals surface area contributed by atoms with Gasteiger partial charge in [-0.1, -0.05) is 84.7 Å². The van der Waals surface area contributed by atoms with E-state index in [2.05, 4.69) is 71.9 Å². The van der Waals surface area contributed by atoms with E-state index in [-0.39, 0.29) is 0 Å². The fraction of sp³-hybridized carbons (Fsp3) is 0.684. The molecule has 0 fully saturated rings. The zero-order valence-corrected chi connectivity index (χ0v) is 13.9. The van der Waals surface area contributed by atoms with Crippen molar-refractivity contribution in [3.05, 3.63) is 35.9 Å². The molecular formula is C19H34. The van der Waals surface area contributed by atoms with Crippen molar-refractivity contribution in [2.24, 2.45) is 17.8 Å². The molecule has 0 atom stereocenters. The zero-order chi connectivity index (χ0) is 14.7. The number of hydrogen-bond acceptors (Lipinski definition) is 0. The highest BCUT2D eigenvalue weighted by Crippen LogP contribution is 2.17. The molecule has 0 aliphatic heterocycles. The van der Waals surface area contributed by atoms with E-state index in [0.29, 0.717) is 0 Å². The Morgan fingerprint density at radius 3 is 1.63 bits per heavy atom. The molecule has 1 rings (SSSR count). The normalized spacial score (nSPS) is 10.8. The minimum Gasteiger partial charge on any atom is -0.0651 e. The molecule has 1 aromatic rings. The summed E-state index contributed by atoms with van der Waals surface area (Å²) in [6.45, 7) is 13.7. The SMILES string of the molecule is CC(C)Cc1ccccc1.CCC(CC)CC(C)C. The molecule has 0 aliphatic rings. The number of hydrogen-bond donors (Lipinski definition) is 0. The van der Waals surface area contributed by atoms with Crippen molar-refractivity contribution in [1.29, 1.82) is 0 Å². The average Bonchev–Trinajstić information content (AvgIpc) is 2.37. The first-order valence-corrected chi connectivity index (χ1v) is 8.03. The molecule has 0 heteroatoms. The molecular weight excluding hydrogens is 228 g/mol. The smallest absolute Gasteiger partial charge is 0.0256 e. The first-order chi connectivity index (χ1) is 8.99. The second kappa shape index (κ2) is 11.1. The maximum atomic E-state index is 2.30. The molecule has 0 unspecified atom stereocenters. The lowest BCUT2D eigenvalue weighted by atomic mass is 9.93. The quantitative estimate of drug-likeness (QED) is 0.560. The van der Waals surface area contributed by atoms with Gasteiger partial charge >= 0.3 is 0 Å². The Kier molecular flexibility index (Phi) is 10.6. The van der Waals surface area contributed by atoms with Gasteiger partial charge in [0, 0.05) is 0 Å². The maximum Gasteiger partial charge on any atom is -0.0256 e. The standard InChI is InChI=1S/C10H14.C9H20/c1-9(2)8-10-6-4-3-5-7-10;1-5-9(6-2)7-8(3)4/h3-7,9H,8H2,1-2H3;8-9H,5-7H2,1-4H3. The largest absolute Gasteiger partial charge is 0.0651 e. The Labute approximate surface area is 121 Å². The van der Waals surface area contributed by atoms with Gasteiger partial charge in [-0.05, 0) is 36.2 Å². The molecule has 0 saturated heterocycles. The van der Waals surface area contributed by atoms with E-state index in [1.807, 2.05) is 0 Å². The molecule has 0 N–H and O–H groups in total. The van der Waals surface area contributed by atoms with E-state index in [0.717, 1.165) is 17.8 Å². The van der Waals surface area contributed by atoms with Crippen LogP contribution in [-0.4, -0.2) is 0 Å². The summed E-state index contributed by atoms with van der Waals surface area (Å²) >= 11 is 0. The van der Waals surface area contributed by atoms with Crippen LogP contribution in [0, 0.1) is 17.8 Å². The van der Waals surface area contributed by atoms with Gasteiger partial charge < -0.3 is 0 Å². The number of rotatable bonds is 6. The van der Waals surface area contributed by atoms with Gasteiger partial charge in [0.25, 0.3) is 0 Å². The molecule has 0 spiro atoms. The van der Waals surface area contributed by atoms with Crippen LogP contribution in [-0.2, 0) is 6.42 Å². The van der Waals surface area contributed by atoms with E-state index in [1.165, 1.54) is 31.2 Å². The zero-order valence-electron chi connectivity index (χ0n) is 13.9. The van der Waals surface area contributed by atoms with E-state index in [4.69, 9.17) is 0 Å². The van der Waals surface area contributed by atoms with E-state index < -0.39 is 0 Å². The van der Waals surface area contributed by atoms with Gasteiger partial charge in [0.05, 0.1) is 0 Å². The third-order valence-electron chi connectivity index (χ3n) is 3.45. The van der Waals surface area contributed by atoms with Gasteiger partial charge in [-0.3, -0.25) is 0 Å². The first kappa shape index (κ1) is 18.2. The lowest BCUT2D eigenvalue weighted by molar-refractivity contribution is 0.388. The van der Waals surface area contributed by atoms with Gasteiger partial charge in [-0.15, -0.1) is 0 Å². The second-order valence-corrected chi connectivity index (χ2v) is 6.40. The molecule has 0 aromatic heterocycles. The van der Waals surface area contributed by atoms with Crippen molar-refractivity contribution in [3.8, 4) is 0 Å². The Balaban J connectivity index is 0.000000344. The Morgan fingerprint density at radius 1 is 0.789 bits per heavy atom. The highest BCUT2D eigenvalue weighted by atomic mass is 14.1. The Hall–Kier alpha value is -0.780. The summed E-state index contributed by atoms with van der Waals surface area (Å²) in [4.78, 5) is 0. The summed E-state index contributed by atoms with van der Waals surface area (Å²) in [7, 11) is 0. The van der Waals surface area contributed by atoms with Crippen LogP contribution in [0.25, 0.3) is 0 Å². The van der Waals surface area contributed by atoms with Crippen molar-refractivity contribution in [2.75, 3.05) is 0 Å². The van der Waals surface area contributed by atoms with Crippen LogP contribution in [0.3, 0.4) is 0 Å². The van der Waals surface area contributed by atoms with Crippen molar-refractivity contribution in [1.82, 2.24) is 0 Å². The van der Waals surface area contributed by atoms with E-state index in [9.17, 15) is 0 Å². The average molecular weight is 262 g/mol. The molecule has 0 saturated carbocycles. The van der Waals surface area contributed by atoms with Gasteiger partial charge in [-0.25, -0.2) is 0 Å². The summed E-state index contributed by atoms with van der Waals surface area (Å²) in [5.41, 5.74) is 1.44. The van der Waals surface area contributed by atoms with Crippen LogP contribution < -0.4 is 0 Å². The summed E-state index contributed by atoms with van der Waals surface area (Å²) in [5, 5.41) is 0. The molecule has 110 valence electrons. The van der Waals surface area contributed by atoms with E-state index >= 15 is 0 Å². The molecule has 0 aliphatic carbocycles. The Morgan fingerprint density at radius 2 is 1.32 bits per heavy atom. The first-order valence-electron chi connectivity index (χ1n) is 8.03. The summed E-state index contributed by atoms with van der Waals surface area (Å²) in [6, 6.07) is 10.6. The van der Waals surface area contributed by atoms with Crippen LogP contribution in [0.1, 0.15) is 66.4 Å². The lowest BCUT2D eigenvalue weighted by Gasteiger charge is -2.13. The summed E-state index contributed by atoms with van der Waals surface area (Å²) in [6.07, 6.45) is 5.32.